The van der Waals surface area contributed by atoms with Crippen LogP contribution >= 0.6 is 0 Å². The normalized spacial score (nSPS) is 13.0. The number of hydrogen-bond donors (Lipinski definition) is 0. The Labute approximate surface area is 515 Å². The molecule has 1 aliphatic heterocycles. The van der Waals surface area contributed by atoms with Crippen LogP contribution in [0.4, 0.5) is 22.7 Å². The third-order valence-electron chi connectivity index (χ3n) is 17.6. The van der Waals surface area contributed by atoms with E-state index in [1.165, 1.54) is 66.8 Å². The van der Waals surface area contributed by atoms with Gasteiger partial charge in [0, 0.05) is 51.5 Å². The average molecular weight is 1140 g/mol. The zero-order valence-corrected chi connectivity index (χ0v) is 52.5. The zero-order valence-electron chi connectivity index (χ0n) is 52.5. The predicted octanol–water partition coefficient (Wildman–Crippen LogP) is 22.7. The van der Waals surface area contributed by atoms with Crippen molar-refractivity contribution >= 4 is 44.6 Å². The van der Waals surface area contributed by atoms with Gasteiger partial charge in [0.05, 0.1) is 28.1 Å². The molecule has 1 aliphatic rings. The minimum absolute atomic E-state index is 0.0343. The van der Waals surface area contributed by atoms with E-state index in [9.17, 15) is 0 Å². The van der Waals surface area contributed by atoms with Crippen LogP contribution in [0.2, 0.25) is 0 Å². The molecule has 0 fully saturated rings. The van der Waals surface area contributed by atoms with E-state index in [1.807, 2.05) is 0 Å². The van der Waals surface area contributed by atoms with Crippen molar-refractivity contribution in [3.63, 3.8) is 0 Å². The molecule has 0 spiro atoms. The van der Waals surface area contributed by atoms with Crippen LogP contribution in [0.5, 0.6) is 11.5 Å². The number of anilines is 4. The third-order valence-corrected chi connectivity index (χ3v) is 17.6. The molecular formula is C82H78N4O. The Hall–Kier alpha value is -9.45. The van der Waals surface area contributed by atoms with Gasteiger partial charge in [-0.2, -0.15) is 0 Å². The van der Waals surface area contributed by atoms with Gasteiger partial charge in [-0.1, -0.05) is 247 Å². The molecule has 0 saturated carbocycles. The number of pyridine rings is 1. The van der Waals surface area contributed by atoms with E-state index in [0.717, 1.165) is 73.0 Å². The van der Waals surface area contributed by atoms with E-state index in [0.29, 0.717) is 6.67 Å². The molecule has 0 saturated heterocycles. The summed E-state index contributed by atoms with van der Waals surface area (Å²) in [7, 11) is 0. The second-order valence-electron chi connectivity index (χ2n) is 27.8. The molecule has 0 bridgehead atoms. The Morgan fingerprint density at radius 2 is 0.851 bits per heavy atom. The Bertz CT molecular complexity index is 4520. The van der Waals surface area contributed by atoms with E-state index in [-0.39, 0.29) is 21.7 Å². The van der Waals surface area contributed by atoms with Crippen LogP contribution in [-0.4, -0.2) is 16.2 Å². The van der Waals surface area contributed by atoms with Gasteiger partial charge in [0.1, 0.15) is 24.0 Å². The quantitative estimate of drug-likeness (QED) is 0.137. The molecule has 0 atom stereocenters. The average Bonchev–Trinajstić information content (AvgIpc) is 1.65. The molecular weight excluding hydrogens is 1060 g/mol. The molecule has 10 aromatic carbocycles. The van der Waals surface area contributed by atoms with Crippen molar-refractivity contribution in [3.05, 3.63) is 265 Å². The molecule has 0 aliphatic carbocycles. The van der Waals surface area contributed by atoms with Gasteiger partial charge in [-0.25, -0.2) is 4.98 Å². The number of fused-ring (bicyclic) bond motifs is 4. The summed E-state index contributed by atoms with van der Waals surface area (Å²) in [5.41, 5.74) is 23.5. The van der Waals surface area contributed by atoms with Crippen LogP contribution < -0.4 is 14.5 Å². The fraction of sp³-hybridized carbons (Fsp3) is 0.207. The standard InChI is InChI=1S/C82H78N4O/c1-79(2,3)61-38-31-55(32-39-61)59-37-46-73-70(48-59)69-45-44-66(50-76(69)86(73)77-51-72(82(10,11)12)71(52-83-77)57-35-42-63(43-36-57)81(7,8)9)87-65-26-19-25-64(49-65)84-53-85(75-30-17-16-29-74(75)84)78-67(56-33-40-62(41-34-56)80(4,5)6)27-20-28-68(78)60-24-18-23-58(47-60)54-21-14-13-15-22-54/h13-52H,53H2,1-12H3. The number of hydrogen-bond acceptors (Lipinski definition) is 4. The molecule has 432 valence electrons. The van der Waals surface area contributed by atoms with E-state index in [2.05, 4.69) is 340 Å². The highest BCUT2D eigenvalue weighted by atomic mass is 16.5. The maximum Gasteiger partial charge on any atom is 0.137 e. The lowest BCUT2D eigenvalue weighted by atomic mass is 9.81. The molecule has 0 N–H and O–H groups in total. The molecule has 5 nitrogen and oxygen atoms in total. The van der Waals surface area contributed by atoms with Crippen molar-refractivity contribution in [2.45, 2.75) is 105 Å². The van der Waals surface area contributed by atoms with Crippen molar-refractivity contribution in [1.82, 2.24) is 9.55 Å². The molecule has 0 radical (unpaired) electrons. The zero-order chi connectivity index (χ0) is 60.6. The predicted molar refractivity (Wildman–Crippen MR) is 369 cm³/mol. The van der Waals surface area contributed by atoms with Gasteiger partial charge in [0.2, 0.25) is 0 Å². The van der Waals surface area contributed by atoms with Crippen LogP contribution in [0, 0.1) is 0 Å². The number of nitrogens with zero attached hydrogens (tertiary/aromatic N) is 4. The highest BCUT2D eigenvalue weighted by Crippen LogP contribution is 2.51. The smallest absolute Gasteiger partial charge is 0.137 e. The van der Waals surface area contributed by atoms with Crippen molar-refractivity contribution in [2.75, 3.05) is 16.5 Å². The second kappa shape index (κ2) is 21.8. The van der Waals surface area contributed by atoms with Crippen LogP contribution in [0.25, 0.3) is 83.3 Å². The number of rotatable bonds is 10. The van der Waals surface area contributed by atoms with Gasteiger partial charge < -0.3 is 14.5 Å². The van der Waals surface area contributed by atoms with Gasteiger partial charge in [-0.05, 0) is 144 Å². The highest BCUT2D eigenvalue weighted by molar-refractivity contribution is 6.11. The summed E-state index contributed by atoms with van der Waals surface area (Å²) in [6.45, 7) is 27.9. The third kappa shape index (κ3) is 11.0. The van der Waals surface area contributed by atoms with Crippen molar-refractivity contribution in [3.8, 4) is 73.0 Å². The van der Waals surface area contributed by atoms with E-state index in [1.54, 1.807) is 0 Å². The maximum absolute atomic E-state index is 7.05. The summed E-state index contributed by atoms with van der Waals surface area (Å²) >= 11 is 0. The summed E-state index contributed by atoms with van der Waals surface area (Å²) in [6, 6.07) is 86.9. The monoisotopic (exact) mass is 1130 g/mol. The molecule has 87 heavy (non-hydrogen) atoms. The maximum atomic E-state index is 7.05. The Kier molecular flexibility index (Phi) is 14.2. The number of ether oxygens (including phenoxy) is 1. The summed E-state index contributed by atoms with van der Waals surface area (Å²) in [4.78, 5) is 10.3. The van der Waals surface area contributed by atoms with E-state index < -0.39 is 0 Å². The van der Waals surface area contributed by atoms with Gasteiger partial charge in [0.25, 0.3) is 0 Å². The van der Waals surface area contributed by atoms with Crippen LogP contribution in [-0.2, 0) is 21.7 Å². The number of para-hydroxylation sites is 3. The van der Waals surface area contributed by atoms with E-state index >= 15 is 0 Å². The second-order valence-corrected chi connectivity index (χ2v) is 27.8. The van der Waals surface area contributed by atoms with Crippen molar-refractivity contribution < 1.29 is 4.74 Å². The summed E-state index contributed by atoms with van der Waals surface area (Å²) in [6.07, 6.45) is 2.08. The van der Waals surface area contributed by atoms with E-state index in [4.69, 9.17) is 9.72 Å². The fourth-order valence-corrected chi connectivity index (χ4v) is 12.6. The molecule has 0 amide bonds. The highest BCUT2D eigenvalue weighted by Gasteiger charge is 2.32. The van der Waals surface area contributed by atoms with Gasteiger partial charge in [-0.3, -0.25) is 4.57 Å². The first kappa shape index (κ1) is 56.7. The molecule has 0 unspecified atom stereocenters. The van der Waals surface area contributed by atoms with Gasteiger partial charge in [-0.15, -0.1) is 0 Å². The van der Waals surface area contributed by atoms with Crippen molar-refractivity contribution in [1.29, 1.82) is 0 Å². The first-order chi connectivity index (χ1) is 41.6. The SMILES string of the molecule is CC(C)(C)c1ccc(-c2ccc3c(c2)c2ccc(Oc4cccc(N5CN(c6c(-c7ccc(C(C)(C)C)cc7)cccc6-c6cccc(-c7ccccc7)c6)c6ccccc65)c4)cc2n3-c2cc(C(C)(C)C)c(-c3ccc(C(C)(C)C)cc3)cn2)cc1. The first-order valence-electron chi connectivity index (χ1n) is 30.8. The molecule has 5 heteroatoms. The molecule has 13 rings (SSSR count). The molecule has 12 aromatic rings. The van der Waals surface area contributed by atoms with Crippen LogP contribution in [0.3, 0.4) is 0 Å². The lowest BCUT2D eigenvalue weighted by molar-refractivity contribution is 0.483. The number of aromatic nitrogens is 2. The lowest BCUT2D eigenvalue weighted by Gasteiger charge is -2.28. The van der Waals surface area contributed by atoms with Gasteiger partial charge >= 0.3 is 0 Å². The molecule has 3 heterocycles. The Morgan fingerprint density at radius 3 is 1.48 bits per heavy atom. The summed E-state index contributed by atoms with van der Waals surface area (Å²) in [5, 5.41) is 2.29. The van der Waals surface area contributed by atoms with Crippen LogP contribution in [0.1, 0.15) is 105 Å². The minimum atomic E-state index is -0.175. The van der Waals surface area contributed by atoms with Gasteiger partial charge in [0.15, 0.2) is 0 Å². The Balaban J connectivity index is 0.895. The minimum Gasteiger partial charge on any atom is -0.457 e. The topological polar surface area (TPSA) is 33.5 Å². The first-order valence-corrected chi connectivity index (χ1v) is 30.8. The lowest BCUT2D eigenvalue weighted by Crippen LogP contribution is -2.25. The van der Waals surface area contributed by atoms with Crippen molar-refractivity contribution in [2.24, 2.45) is 0 Å². The van der Waals surface area contributed by atoms with Crippen LogP contribution in [0.15, 0.2) is 243 Å². The summed E-state index contributed by atoms with van der Waals surface area (Å²) in [5.74, 6) is 2.36. The number of benzene rings is 10. The Morgan fingerprint density at radius 1 is 0.345 bits per heavy atom. The summed E-state index contributed by atoms with van der Waals surface area (Å²) < 4.78 is 9.39. The largest absolute Gasteiger partial charge is 0.457 e. The fourth-order valence-electron chi connectivity index (χ4n) is 12.6. The molecule has 2 aromatic heterocycles.